The van der Waals surface area contributed by atoms with Gasteiger partial charge in [0.1, 0.15) is 11.0 Å². The van der Waals surface area contributed by atoms with Crippen LogP contribution in [0.25, 0.3) is 11.0 Å². The predicted octanol–water partition coefficient (Wildman–Crippen LogP) is 3.65. The summed E-state index contributed by atoms with van der Waals surface area (Å²) >= 11 is 13.1. The normalized spacial score (nSPS) is 10.7. The minimum absolute atomic E-state index is 0.269. The molecule has 0 aliphatic rings. The van der Waals surface area contributed by atoms with Crippen molar-refractivity contribution in [1.82, 2.24) is 13.7 Å². The first kappa shape index (κ1) is 13.2. The Bertz CT molecular complexity index is 805. The summed E-state index contributed by atoms with van der Waals surface area (Å²) in [5.41, 5.74) is 1.91. The summed E-state index contributed by atoms with van der Waals surface area (Å²) in [5, 5.41) is 3.41. The second kappa shape index (κ2) is 5.32. The number of halogens is 2. The lowest BCUT2D eigenvalue weighted by atomic mass is 10.2. The molecule has 0 saturated heterocycles. The molecule has 1 N–H and O–H groups in total. The van der Waals surface area contributed by atoms with Crippen LogP contribution in [0.5, 0.6) is 0 Å². The molecular formula is C12H6Cl2N4OS. The number of carbonyl (C=O) groups excluding carboxylic acids is 1. The molecule has 1 amide bonds. The quantitative estimate of drug-likeness (QED) is 0.781. The smallest absolute Gasteiger partial charge is 0.258 e. The molecule has 8 heteroatoms. The summed E-state index contributed by atoms with van der Waals surface area (Å²) in [6.07, 6.45) is 2.90. The Morgan fingerprint density at radius 1 is 1.15 bits per heavy atom. The average Bonchev–Trinajstić information content (AvgIpc) is 2.91. The van der Waals surface area contributed by atoms with Crippen molar-refractivity contribution in [3.63, 3.8) is 0 Å². The fraction of sp³-hybridized carbons (Fsp3) is 0. The van der Waals surface area contributed by atoms with Gasteiger partial charge in [0.2, 0.25) is 0 Å². The molecule has 0 radical (unpaired) electrons. The molecule has 2 aromatic heterocycles. The number of fused-ring (bicyclic) bond motifs is 1. The second-order valence-electron chi connectivity index (χ2n) is 3.86. The Labute approximate surface area is 127 Å². The van der Waals surface area contributed by atoms with Crippen LogP contribution < -0.4 is 5.32 Å². The van der Waals surface area contributed by atoms with E-state index in [0.29, 0.717) is 26.8 Å². The molecule has 20 heavy (non-hydrogen) atoms. The minimum atomic E-state index is -0.398. The van der Waals surface area contributed by atoms with Gasteiger partial charge in [0.25, 0.3) is 5.91 Å². The molecule has 100 valence electrons. The largest absolute Gasteiger partial charge is 0.319 e. The standard InChI is InChI=1S/C12H6Cl2N4OS/c13-7-3-4-15-5-6(7)12(19)16-10-8(14)1-2-9-11(10)18-20-17-9/h1-5H,(H,16,19). The van der Waals surface area contributed by atoms with Crippen LogP contribution >= 0.6 is 34.9 Å². The van der Waals surface area contributed by atoms with Gasteiger partial charge in [-0.05, 0) is 18.2 Å². The summed E-state index contributed by atoms with van der Waals surface area (Å²) in [6, 6.07) is 4.95. The number of anilines is 1. The summed E-state index contributed by atoms with van der Waals surface area (Å²) in [6.45, 7) is 0. The lowest BCUT2D eigenvalue weighted by molar-refractivity contribution is 0.102. The van der Waals surface area contributed by atoms with Crippen molar-refractivity contribution in [2.75, 3.05) is 5.32 Å². The highest BCUT2D eigenvalue weighted by atomic mass is 35.5. The van der Waals surface area contributed by atoms with E-state index in [0.717, 1.165) is 11.7 Å². The number of nitrogens with zero attached hydrogens (tertiary/aromatic N) is 3. The van der Waals surface area contributed by atoms with Gasteiger partial charge < -0.3 is 5.32 Å². The fourth-order valence-electron chi connectivity index (χ4n) is 1.67. The number of carbonyl (C=O) groups is 1. The topological polar surface area (TPSA) is 67.8 Å². The zero-order valence-electron chi connectivity index (χ0n) is 9.80. The Kier molecular flexibility index (Phi) is 3.52. The number of pyridine rings is 1. The van der Waals surface area contributed by atoms with Crippen LogP contribution in [-0.4, -0.2) is 19.6 Å². The van der Waals surface area contributed by atoms with E-state index in [1.165, 1.54) is 12.4 Å². The highest BCUT2D eigenvalue weighted by molar-refractivity contribution is 7.00. The third kappa shape index (κ3) is 2.33. The summed E-state index contributed by atoms with van der Waals surface area (Å²) in [4.78, 5) is 16.1. The predicted molar refractivity (Wildman–Crippen MR) is 79.6 cm³/mol. The van der Waals surface area contributed by atoms with Crippen molar-refractivity contribution >= 4 is 57.6 Å². The molecule has 1 aromatic carbocycles. The second-order valence-corrected chi connectivity index (χ2v) is 5.21. The molecular weight excluding hydrogens is 319 g/mol. The van der Waals surface area contributed by atoms with E-state index in [-0.39, 0.29) is 5.56 Å². The fourth-order valence-corrected chi connectivity index (χ4v) is 2.60. The summed E-state index contributed by atoms with van der Waals surface area (Å²) in [5.74, 6) is -0.398. The summed E-state index contributed by atoms with van der Waals surface area (Å²) in [7, 11) is 0. The third-order valence-corrected chi connectivity index (χ3v) is 3.82. The van der Waals surface area contributed by atoms with Crippen molar-refractivity contribution < 1.29 is 4.79 Å². The molecule has 0 aliphatic heterocycles. The molecule has 0 atom stereocenters. The van der Waals surface area contributed by atoms with Crippen LogP contribution in [0.1, 0.15) is 10.4 Å². The number of hydrogen-bond acceptors (Lipinski definition) is 5. The maximum atomic E-state index is 12.2. The molecule has 0 saturated carbocycles. The number of nitrogens with one attached hydrogen (secondary N) is 1. The Morgan fingerprint density at radius 2 is 2.00 bits per heavy atom. The van der Waals surface area contributed by atoms with Crippen molar-refractivity contribution in [1.29, 1.82) is 0 Å². The van der Waals surface area contributed by atoms with Gasteiger partial charge in [-0.2, -0.15) is 8.75 Å². The highest BCUT2D eigenvalue weighted by Gasteiger charge is 2.16. The minimum Gasteiger partial charge on any atom is -0.319 e. The first-order chi connectivity index (χ1) is 9.66. The molecule has 0 unspecified atom stereocenters. The monoisotopic (exact) mass is 324 g/mol. The van der Waals surface area contributed by atoms with E-state index < -0.39 is 5.91 Å². The Balaban J connectivity index is 2.01. The van der Waals surface area contributed by atoms with Gasteiger partial charge in [-0.3, -0.25) is 9.78 Å². The van der Waals surface area contributed by atoms with E-state index in [1.54, 1.807) is 18.2 Å². The lowest BCUT2D eigenvalue weighted by Crippen LogP contribution is -2.13. The number of amides is 1. The van der Waals surface area contributed by atoms with Gasteiger partial charge in [0, 0.05) is 12.4 Å². The van der Waals surface area contributed by atoms with E-state index >= 15 is 0 Å². The Morgan fingerprint density at radius 3 is 2.80 bits per heavy atom. The van der Waals surface area contributed by atoms with Crippen LogP contribution in [0.2, 0.25) is 10.0 Å². The molecule has 0 bridgehead atoms. The number of hydrogen-bond donors (Lipinski definition) is 1. The number of benzene rings is 1. The van der Waals surface area contributed by atoms with Gasteiger partial charge in [0.05, 0.1) is 33.0 Å². The van der Waals surface area contributed by atoms with Crippen LogP contribution in [0.15, 0.2) is 30.6 Å². The van der Waals surface area contributed by atoms with Gasteiger partial charge in [-0.1, -0.05) is 23.2 Å². The van der Waals surface area contributed by atoms with Crippen LogP contribution in [0.3, 0.4) is 0 Å². The maximum Gasteiger partial charge on any atom is 0.258 e. The van der Waals surface area contributed by atoms with E-state index in [2.05, 4.69) is 19.0 Å². The molecule has 0 aliphatic carbocycles. The number of aromatic nitrogens is 3. The van der Waals surface area contributed by atoms with Crippen molar-refractivity contribution in [2.45, 2.75) is 0 Å². The molecule has 0 spiro atoms. The van der Waals surface area contributed by atoms with Crippen molar-refractivity contribution in [2.24, 2.45) is 0 Å². The van der Waals surface area contributed by atoms with Crippen LogP contribution in [0, 0.1) is 0 Å². The van der Waals surface area contributed by atoms with Gasteiger partial charge in [0.15, 0.2) is 0 Å². The zero-order chi connectivity index (χ0) is 14.1. The third-order valence-electron chi connectivity index (χ3n) is 2.63. The number of rotatable bonds is 2. The lowest BCUT2D eigenvalue weighted by Gasteiger charge is -2.08. The van der Waals surface area contributed by atoms with Crippen molar-refractivity contribution in [3.05, 3.63) is 46.2 Å². The highest BCUT2D eigenvalue weighted by Crippen LogP contribution is 2.30. The first-order valence-electron chi connectivity index (χ1n) is 5.48. The average molecular weight is 325 g/mol. The first-order valence-corrected chi connectivity index (χ1v) is 6.97. The van der Waals surface area contributed by atoms with Crippen LogP contribution in [-0.2, 0) is 0 Å². The van der Waals surface area contributed by atoms with Crippen LogP contribution in [0.4, 0.5) is 5.69 Å². The van der Waals surface area contributed by atoms with E-state index in [1.807, 2.05) is 0 Å². The molecule has 3 rings (SSSR count). The van der Waals surface area contributed by atoms with E-state index in [9.17, 15) is 4.79 Å². The van der Waals surface area contributed by atoms with Crippen molar-refractivity contribution in [3.8, 4) is 0 Å². The summed E-state index contributed by atoms with van der Waals surface area (Å²) < 4.78 is 8.23. The maximum absolute atomic E-state index is 12.2. The van der Waals surface area contributed by atoms with E-state index in [4.69, 9.17) is 23.2 Å². The zero-order valence-corrected chi connectivity index (χ0v) is 12.1. The van der Waals surface area contributed by atoms with Gasteiger partial charge >= 0.3 is 0 Å². The molecule has 2 heterocycles. The van der Waals surface area contributed by atoms with Gasteiger partial charge in [-0.15, -0.1) is 0 Å². The molecule has 5 nitrogen and oxygen atoms in total. The molecule has 3 aromatic rings. The Hall–Kier alpha value is -1.76. The SMILES string of the molecule is O=C(Nc1c(Cl)ccc2nsnc12)c1cnccc1Cl. The molecule has 0 fully saturated rings. The van der Waals surface area contributed by atoms with Gasteiger partial charge in [-0.25, -0.2) is 0 Å².